The van der Waals surface area contributed by atoms with Gasteiger partial charge in [0.2, 0.25) is 5.91 Å². The van der Waals surface area contributed by atoms with Gasteiger partial charge in [0.05, 0.1) is 0 Å². The minimum Gasteiger partial charge on any atom is -0.355 e. The van der Waals surface area contributed by atoms with E-state index in [1.807, 2.05) is 24.1 Å². The highest BCUT2D eigenvalue weighted by Crippen LogP contribution is 2.21. The fourth-order valence-corrected chi connectivity index (χ4v) is 4.18. The summed E-state index contributed by atoms with van der Waals surface area (Å²) in [6.45, 7) is 9.48. The van der Waals surface area contributed by atoms with Crippen LogP contribution in [0.25, 0.3) is 0 Å². The van der Waals surface area contributed by atoms with Crippen molar-refractivity contribution >= 4 is 17.6 Å². The molecule has 2 aliphatic heterocycles. The van der Waals surface area contributed by atoms with Crippen molar-refractivity contribution < 1.29 is 4.79 Å². The molecule has 2 heterocycles. The third kappa shape index (κ3) is 5.25. The number of benzene rings is 1. The fourth-order valence-electron chi connectivity index (χ4n) is 4.18. The molecule has 0 radical (unpaired) electrons. The lowest BCUT2D eigenvalue weighted by molar-refractivity contribution is -0.117. The van der Waals surface area contributed by atoms with E-state index in [1.54, 1.807) is 0 Å². The number of nitrogens with one attached hydrogen (secondary N) is 2. The molecule has 6 nitrogen and oxygen atoms in total. The van der Waals surface area contributed by atoms with Crippen molar-refractivity contribution in [3.05, 3.63) is 29.8 Å². The molecule has 1 unspecified atom stereocenters. The Morgan fingerprint density at radius 3 is 2.36 bits per heavy atom. The van der Waals surface area contributed by atoms with Gasteiger partial charge in [-0.2, -0.15) is 0 Å². The number of guanidine groups is 1. The van der Waals surface area contributed by atoms with Gasteiger partial charge in [0.25, 0.3) is 0 Å². The minimum atomic E-state index is 0.230. The summed E-state index contributed by atoms with van der Waals surface area (Å²) in [6, 6.07) is 8.79. The lowest BCUT2D eigenvalue weighted by atomic mass is 10.0. The van der Waals surface area contributed by atoms with Crippen molar-refractivity contribution in [2.75, 3.05) is 38.1 Å². The molecule has 0 saturated carbocycles. The summed E-state index contributed by atoms with van der Waals surface area (Å²) in [4.78, 5) is 20.7. The summed E-state index contributed by atoms with van der Waals surface area (Å²) in [5, 5.41) is 6.91. The zero-order valence-electron chi connectivity index (χ0n) is 17.6. The number of likely N-dealkylation sites (tertiary alicyclic amines) is 1. The van der Waals surface area contributed by atoms with Crippen LogP contribution in [0.3, 0.4) is 0 Å². The van der Waals surface area contributed by atoms with E-state index in [0.29, 0.717) is 24.9 Å². The van der Waals surface area contributed by atoms with Crippen LogP contribution in [-0.4, -0.2) is 56.0 Å². The lowest BCUT2D eigenvalue weighted by Gasteiger charge is -2.31. The second-order valence-corrected chi connectivity index (χ2v) is 8.18. The van der Waals surface area contributed by atoms with Crippen molar-refractivity contribution in [3.8, 4) is 0 Å². The van der Waals surface area contributed by atoms with E-state index in [0.717, 1.165) is 31.2 Å². The number of hydrogen-bond acceptors (Lipinski definition) is 3. The largest absolute Gasteiger partial charge is 0.355 e. The molecule has 2 saturated heterocycles. The van der Waals surface area contributed by atoms with E-state index < -0.39 is 0 Å². The molecular weight excluding hydrogens is 350 g/mol. The maximum absolute atomic E-state index is 11.9. The average molecular weight is 386 g/mol. The first-order valence-corrected chi connectivity index (χ1v) is 10.7. The summed E-state index contributed by atoms with van der Waals surface area (Å²) in [5.41, 5.74) is 2.18. The molecule has 1 aromatic rings. The predicted octanol–water partition coefficient (Wildman–Crippen LogP) is 2.60. The van der Waals surface area contributed by atoms with Crippen LogP contribution in [-0.2, 0) is 11.3 Å². The van der Waals surface area contributed by atoms with E-state index >= 15 is 0 Å². The van der Waals surface area contributed by atoms with Crippen LogP contribution in [0.15, 0.2) is 29.3 Å². The van der Waals surface area contributed by atoms with E-state index in [-0.39, 0.29) is 5.91 Å². The normalized spacial score (nSPS) is 19.5. The molecule has 1 aromatic carbocycles. The van der Waals surface area contributed by atoms with Gasteiger partial charge in [-0.15, -0.1) is 0 Å². The summed E-state index contributed by atoms with van der Waals surface area (Å²) in [7, 11) is 1.82. The Morgan fingerprint density at radius 2 is 1.79 bits per heavy atom. The van der Waals surface area contributed by atoms with Gasteiger partial charge in [-0.1, -0.05) is 26.0 Å². The predicted molar refractivity (Wildman–Crippen MR) is 116 cm³/mol. The van der Waals surface area contributed by atoms with Gasteiger partial charge in [-0.05, 0) is 56.0 Å². The van der Waals surface area contributed by atoms with Crippen molar-refractivity contribution in [1.82, 2.24) is 15.5 Å². The van der Waals surface area contributed by atoms with Crippen molar-refractivity contribution in [1.29, 1.82) is 0 Å². The zero-order chi connectivity index (χ0) is 19.9. The van der Waals surface area contributed by atoms with Crippen LogP contribution in [0.4, 0.5) is 5.69 Å². The highest BCUT2D eigenvalue weighted by atomic mass is 16.2. The van der Waals surface area contributed by atoms with Crippen LogP contribution in [0.5, 0.6) is 0 Å². The van der Waals surface area contributed by atoms with Crippen molar-refractivity contribution in [2.45, 2.75) is 52.1 Å². The number of nitrogens with zero attached hydrogens (tertiary/aromatic N) is 3. The van der Waals surface area contributed by atoms with E-state index in [4.69, 9.17) is 0 Å². The first kappa shape index (κ1) is 20.6. The number of rotatable bonds is 7. The van der Waals surface area contributed by atoms with Crippen LogP contribution in [0, 0.1) is 5.92 Å². The topological polar surface area (TPSA) is 60.0 Å². The second kappa shape index (κ2) is 9.92. The first-order valence-electron chi connectivity index (χ1n) is 10.7. The molecule has 2 fully saturated rings. The Bertz CT molecular complexity index is 664. The van der Waals surface area contributed by atoms with Gasteiger partial charge < -0.3 is 15.5 Å². The molecule has 154 valence electrons. The zero-order valence-corrected chi connectivity index (χ0v) is 17.6. The smallest absolute Gasteiger partial charge is 0.227 e. The quantitative estimate of drug-likeness (QED) is 0.560. The summed E-state index contributed by atoms with van der Waals surface area (Å²) in [6.07, 6.45) is 4.25. The maximum atomic E-state index is 11.9. The van der Waals surface area contributed by atoms with Gasteiger partial charge in [-0.25, -0.2) is 0 Å². The van der Waals surface area contributed by atoms with Gasteiger partial charge >= 0.3 is 0 Å². The number of anilines is 1. The van der Waals surface area contributed by atoms with Crippen molar-refractivity contribution in [2.24, 2.45) is 10.9 Å². The van der Waals surface area contributed by atoms with Gasteiger partial charge in [0, 0.05) is 44.8 Å². The first-order chi connectivity index (χ1) is 13.6. The monoisotopic (exact) mass is 385 g/mol. The third-order valence-electron chi connectivity index (χ3n) is 5.86. The number of carbonyl (C=O) groups excluding carboxylic acids is 1. The maximum Gasteiger partial charge on any atom is 0.227 e. The van der Waals surface area contributed by atoms with Gasteiger partial charge in [0.15, 0.2) is 5.96 Å². The van der Waals surface area contributed by atoms with Crippen molar-refractivity contribution in [3.63, 3.8) is 0 Å². The van der Waals surface area contributed by atoms with E-state index in [9.17, 15) is 4.79 Å². The number of amides is 1. The molecule has 0 aromatic heterocycles. The Morgan fingerprint density at radius 1 is 1.07 bits per heavy atom. The average Bonchev–Trinajstić information content (AvgIpc) is 3.36. The number of hydrogen-bond donors (Lipinski definition) is 2. The molecular formula is C22H35N5O. The molecule has 6 heteroatoms. The van der Waals surface area contributed by atoms with Crippen LogP contribution >= 0.6 is 0 Å². The Hall–Kier alpha value is -2.08. The molecule has 0 bridgehead atoms. The summed E-state index contributed by atoms with van der Waals surface area (Å²) >= 11 is 0. The Kier molecular flexibility index (Phi) is 7.31. The molecule has 1 atom stereocenters. The highest BCUT2D eigenvalue weighted by Gasteiger charge is 2.24. The number of aliphatic imine (C=N–C) groups is 1. The molecule has 1 amide bonds. The number of carbonyl (C=O) groups is 1. The highest BCUT2D eigenvalue weighted by molar-refractivity contribution is 5.95. The second-order valence-electron chi connectivity index (χ2n) is 8.18. The fraction of sp³-hybridized carbons (Fsp3) is 0.636. The van der Waals surface area contributed by atoms with E-state index in [2.05, 4.69) is 46.5 Å². The molecule has 3 rings (SSSR count). The third-order valence-corrected chi connectivity index (χ3v) is 5.86. The minimum absolute atomic E-state index is 0.230. The molecule has 0 spiro atoms. The van der Waals surface area contributed by atoms with Gasteiger partial charge in [0.1, 0.15) is 0 Å². The summed E-state index contributed by atoms with van der Waals surface area (Å²) in [5.74, 6) is 1.68. The molecule has 2 aliphatic rings. The Balaban J connectivity index is 1.49. The Labute approximate surface area is 169 Å². The molecule has 0 aliphatic carbocycles. The van der Waals surface area contributed by atoms with Crippen LogP contribution in [0.2, 0.25) is 0 Å². The standard InChI is InChI=1S/C22H35N5O/c1-17(2)20(26-12-4-5-13-26)16-25-22(23-3)24-15-18-8-10-19(11-9-18)27-14-6-7-21(27)28/h8-11,17,20H,4-7,12-16H2,1-3H3,(H2,23,24,25). The van der Waals surface area contributed by atoms with Crippen LogP contribution in [0.1, 0.15) is 45.1 Å². The van der Waals surface area contributed by atoms with Gasteiger partial charge in [-0.3, -0.25) is 14.7 Å². The SMILES string of the molecule is CN=C(NCc1ccc(N2CCCC2=O)cc1)NCC(C(C)C)N1CCCC1. The molecule has 2 N–H and O–H groups in total. The molecule has 28 heavy (non-hydrogen) atoms. The lowest BCUT2D eigenvalue weighted by Crippen LogP contribution is -2.48. The summed E-state index contributed by atoms with van der Waals surface area (Å²) < 4.78 is 0. The van der Waals surface area contributed by atoms with Crippen LogP contribution < -0.4 is 15.5 Å². The van der Waals surface area contributed by atoms with E-state index in [1.165, 1.54) is 31.5 Å².